The number of fused-ring (bicyclic) bond motifs is 1. The van der Waals surface area contributed by atoms with Gasteiger partial charge >= 0.3 is 6.18 Å². The van der Waals surface area contributed by atoms with Crippen LogP contribution in [0.15, 0.2) is 72.9 Å². The maximum atomic E-state index is 13.6. The summed E-state index contributed by atoms with van der Waals surface area (Å²) in [6.07, 6.45) is -1.49. The molecular formula is C35H37F3N6O3. The Balaban J connectivity index is 1.23. The second-order valence-corrected chi connectivity index (χ2v) is 11.2. The fourth-order valence-electron chi connectivity index (χ4n) is 5.36. The van der Waals surface area contributed by atoms with Gasteiger partial charge in [-0.15, -0.1) is 0 Å². The van der Waals surface area contributed by atoms with Crippen LogP contribution >= 0.6 is 0 Å². The number of anilines is 4. The zero-order valence-electron chi connectivity index (χ0n) is 26.5. The third kappa shape index (κ3) is 8.25. The Morgan fingerprint density at radius 1 is 1.02 bits per heavy atom. The highest BCUT2D eigenvalue weighted by Gasteiger charge is 2.31. The lowest BCUT2D eigenvalue weighted by molar-refractivity contribution is -0.137. The summed E-state index contributed by atoms with van der Waals surface area (Å²) in [6.45, 7) is 10.0. The van der Waals surface area contributed by atoms with Crippen molar-refractivity contribution < 1.29 is 27.5 Å². The predicted molar refractivity (Wildman–Crippen MR) is 176 cm³/mol. The van der Waals surface area contributed by atoms with Crippen molar-refractivity contribution in [2.75, 3.05) is 48.3 Å². The van der Waals surface area contributed by atoms with Crippen LogP contribution in [-0.4, -0.2) is 59.5 Å². The maximum Gasteiger partial charge on any atom is 0.416 e. The maximum absolute atomic E-state index is 13.6. The number of nitrogens with zero attached hydrogens (tertiary/aromatic N) is 4. The molecule has 1 aromatic heterocycles. The number of likely N-dealkylation sites (N-methyl/N-ethyl adjacent to an activating group) is 1. The van der Waals surface area contributed by atoms with E-state index in [2.05, 4.69) is 39.3 Å². The molecule has 3 aromatic carbocycles. The SMILES string of the molecule is CCCN(CC)CCOc1ccc(Nc2ncc3c(n2)CCN(c2cc(NC(=O)c4cccc(C(F)(F)F)c4)ccc2C)C3=O)cc1. The number of benzene rings is 3. The van der Waals surface area contributed by atoms with Gasteiger partial charge in [-0.3, -0.25) is 9.59 Å². The van der Waals surface area contributed by atoms with E-state index >= 15 is 0 Å². The van der Waals surface area contributed by atoms with Gasteiger partial charge in [0.05, 0.1) is 16.8 Å². The highest BCUT2D eigenvalue weighted by Crippen LogP contribution is 2.32. The minimum Gasteiger partial charge on any atom is -0.492 e. The molecule has 0 unspecified atom stereocenters. The summed E-state index contributed by atoms with van der Waals surface area (Å²) < 4.78 is 45.3. The standard InChI is InChI=1S/C35H37F3N6O3/c1-4-16-43(5-2)18-19-47-28-13-11-26(12-14-28)41-34-39-22-29-30(42-34)15-17-44(33(29)46)31-21-27(10-9-23(31)3)40-32(45)24-7-6-8-25(20-24)35(36,37)38/h6-14,20-22H,4-5,15-19H2,1-3H3,(H,40,45)(H,39,41,42). The molecule has 12 heteroatoms. The molecule has 0 radical (unpaired) electrons. The normalized spacial score (nSPS) is 13.0. The second-order valence-electron chi connectivity index (χ2n) is 11.2. The van der Waals surface area contributed by atoms with Gasteiger partial charge in [0, 0.05) is 48.3 Å². The highest BCUT2D eigenvalue weighted by atomic mass is 19.4. The van der Waals surface area contributed by atoms with Gasteiger partial charge in [-0.05, 0) is 86.6 Å². The number of aromatic nitrogens is 2. The largest absolute Gasteiger partial charge is 0.492 e. The van der Waals surface area contributed by atoms with Crippen molar-refractivity contribution in [2.45, 2.75) is 39.8 Å². The molecule has 5 rings (SSSR count). The molecule has 9 nitrogen and oxygen atoms in total. The van der Waals surface area contributed by atoms with Crippen molar-refractivity contribution >= 4 is 34.8 Å². The number of carbonyl (C=O) groups is 2. The molecule has 0 saturated carbocycles. The van der Waals surface area contributed by atoms with E-state index in [1.165, 1.54) is 18.3 Å². The number of halogens is 3. The van der Waals surface area contributed by atoms with E-state index in [1.807, 2.05) is 31.2 Å². The minimum absolute atomic E-state index is 0.128. The number of carbonyl (C=O) groups excluding carboxylic acids is 2. The molecule has 4 aromatic rings. The number of hydrogen-bond donors (Lipinski definition) is 2. The van der Waals surface area contributed by atoms with E-state index in [0.29, 0.717) is 48.2 Å². The summed E-state index contributed by atoms with van der Waals surface area (Å²) >= 11 is 0. The average molecular weight is 647 g/mol. The molecular weight excluding hydrogens is 609 g/mol. The van der Waals surface area contributed by atoms with Crippen LogP contribution in [0, 0.1) is 6.92 Å². The summed E-state index contributed by atoms with van der Waals surface area (Å²) in [5, 5.41) is 5.83. The monoisotopic (exact) mass is 646 g/mol. The number of ether oxygens (including phenoxy) is 1. The lowest BCUT2D eigenvalue weighted by Crippen LogP contribution is -2.38. The van der Waals surface area contributed by atoms with E-state index in [1.54, 1.807) is 23.1 Å². The summed E-state index contributed by atoms with van der Waals surface area (Å²) in [5.74, 6) is 0.161. The summed E-state index contributed by atoms with van der Waals surface area (Å²) in [5.41, 5.74) is 2.43. The lowest BCUT2D eigenvalue weighted by atomic mass is 10.0. The van der Waals surface area contributed by atoms with Crippen molar-refractivity contribution in [3.05, 3.63) is 101 Å². The van der Waals surface area contributed by atoms with Crippen LogP contribution < -0.4 is 20.3 Å². The van der Waals surface area contributed by atoms with Gasteiger partial charge in [0.1, 0.15) is 12.4 Å². The van der Waals surface area contributed by atoms with Gasteiger partial charge in [0.25, 0.3) is 11.8 Å². The van der Waals surface area contributed by atoms with Crippen molar-refractivity contribution in [1.29, 1.82) is 0 Å². The van der Waals surface area contributed by atoms with Crippen LogP contribution in [0.4, 0.5) is 36.2 Å². The van der Waals surface area contributed by atoms with Crippen LogP contribution in [-0.2, 0) is 12.6 Å². The second kappa shape index (κ2) is 14.6. The average Bonchev–Trinajstić information content (AvgIpc) is 3.06. The number of aryl methyl sites for hydroxylation is 1. The van der Waals surface area contributed by atoms with Gasteiger partial charge in [-0.2, -0.15) is 13.2 Å². The molecule has 2 N–H and O–H groups in total. The molecule has 2 heterocycles. The first-order valence-corrected chi connectivity index (χ1v) is 15.5. The van der Waals surface area contributed by atoms with Gasteiger partial charge in [-0.25, -0.2) is 9.97 Å². The topological polar surface area (TPSA) is 99.7 Å². The van der Waals surface area contributed by atoms with Crippen molar-refractivity contribution in [3.63, 3.8) is 0 Å². The van der Waals surface area contributed by atoms with E-state index < -0.39 is 17.6 Å². The quantitative estimate of drug-likeness (QED) is 0.169. The first kappa shape index (κ1) is 33.4. The minimum atomic E-state index is -4.57. The third-order valence-electron chi connectivity index (χ3n) is 7.90. The summed E-state index contributed by atoms with van der Waals surface area (Å²) in [7, 11) is 0. The molecule has 0 fully saturated rings. The molecule has 2 amide bonds. The zero-order valence-corrected chi connectivity index (χ0v) is 26.5. The Labute approximate surface area is 271 Å². The Bertz CT molecular complexity index is 1730. The molecule has 0 spiro atoms. The van der Waals surface area contributed by atoms with Gasteiger partial charge in [0.2, 0.25) is 5.95 Å². The lowest BCUT2D eigenvalue weighted by Gasteiger charge is -2.29. The Hall–Kier alpha value is -4.97. The molecule has 0 atom stereocenters. The van der Waals surface area contributed by atoms with Gasteiger partial charge in [-0.1, -0.05) is 26.0 Å². The summed E-state index contributed by atoms with van der Waals surface area (Å²) in [4.78, 5) is 39.3. The number of alkyl halides is 3. The van der Waals surface area contributed by atoms with Gasteiger partial charge < -0.3 is 25.2 Å². The third-order valence-corrected chi connectivity index (χ3v) is 7.90. The van der Waals surface area contributed by atoms with Crippen LogP contribution in [0.3, 0.4) is 0 Å². The van der Waals surface area contributed by atoms with Crippen LogP contribution in [0.25, 0.3) is 0 Å². The Morgan fingerprint density at radius 3 is 2.51 bits per heavy atom. The smallest absolute Gasteiger partial charge is 0.416 e. The molecule has 0 saturated heterocycles. The zero-order chi connectivity index (χ0) is 33.6. The molecule has 0 aliphatic carbocycles. The number of hydrogen-bond acceptors (Lipinski definition) is 7. The molecule has 1 aliphatic heterocycles. The first-order valence-electron chi connectivity index (χ1n) is 15.5. The van der Waals surface area contributed by atoms with Crippen molar-refractivity contribution in [1.82, 2.24) is 14.9 Å². The number of amides is 2. The predicted octanol–water partition coefficient (Wildman–Crippen LogP) is 7.11. The number of rotatable bonds is 12. The highest BCUT2D eigenvalue weighted by molar-refractivity contribution is 6.09. The van der Waals surface area contributed by atoms with Crippen molar-refractivity contribution in [2.24, 2.45) is 0 Å². The van der Waals surface area contributed by atoms with Crippen LogP contribution in [0.1, 0.15) is 57.8 Å². The fourth-order valence-corrected chi connectivity index (χ4v) is 5.36. The molecule has 47 heavy (non-hydrogen) atoms. The summed E-state index contributed by atoms with van der Waals surface area (Å²) in [6, 6.07) is 16.8. The molecule has 246 valence electrons. The van der Waals surface area contributed by atoms with E-state index in [0.717, 1.165) is 55.2 Å². The van der Waals surface area contributed by atoms with E-state index in [-0.39, 0.29) is 11.5 Å². The van der Waals surface area contributed by atoms with Crippen molar-refractivity contribution in [3.8, 4) is 5.75 Å². The van der Waals surface area contributed by atoms with Crippen LogP contribution in [0.5, 0.6) is 5.75 Å². The Kier molecular flexibility index (Phi) is 10.4. The fraction of sp³-hybridized carbons (Fsp3) is 0.314. The van der Waals surface area contributed by atoms with Crippen LogP contribution in [0.2, 0.25) is 0 Å². The molecule has 0 bridgehead atoms. The van der Waals surface area contributed by atoms with Gasteiger partial charge in [0.15, 0.2) is 0 Å². The number of nitrogens with one attached hydrogen (secondary N) is 2. The molecule has 1 aliphatic rings. The van der Waals surface area contributed by atoms with E-state index in [9.17, 15) is 22.8 Å². The first-order chi connectivity index (χ1) is 22.5. The van der Waals surface area contributed by atoms with E-state index in [4.69, 9.17) is 4.74 Å². The Morgan fingerprint density at radius 2 is 1.79 bits per heavy atom.